The summed E-state index contributed by atoms with van der Waals surface area (Å²) in [4.78, 5) is 27.1. The molecule has 22 heavy (non-hydrogen) atoms. The van der Waals surface area contributed by atoms with Gasteiger partial charge in [-0.05, 0) is 24.3 Å². The molecule has 0 bridgehead atoms. The van der Waals surface area contributed by atoms with Crippen molar-refractivity contribution in [3.05, 3.63) is 60.7 Å². The lowest BCUT2D eigenvalue weighted by Gasteiger charge is -2.17. The Morgan fingerprint density at radius 1 is 0.909 bits per heavy atom. The Bertz CT molecular complexity index is 658. The second-order valence-electron chi connectivity index (χ2n) is 4.91. The van der Waals surface area contributed by atoms with E-state index in [4.69, 9.17) is 4.74 Å². The second kappa shape index (κ2) is 6.30. The summed E-state index contributed by atoms with van der Waals surface area (Å²) in [5.74, 6) is 0.520. The molecule has 3 amide bonds. The summed E-state index contributed by atoms with van der Waals surface area (Å²) in [6.45, 7) is 0.605. The van der Waals surface area contributed by atoms with E-state index in [0.29, 0.717) is 0 Å². The van der Waals surface area contributed by atoms with Crippen molar-refractivity contribution in [3.63, 3.8) is 0 Å². The maximum atomic E-state index is 12.3. The van der Waals surface area contributed by atoms with Crippen LogP contribution in [-0.2, 0) is 4.79 Å². The fourth-order valence-electron chi connectivity index (χ4n) is 2.34. The molecule has 1 saturated heterocycles. The fourth-order valence-corrected chi connectivity index (χ4v) is 2.34. The standard InChI is InChI=1S/C17H16N2O3/c20-16-13-19(14-7-3-1-4-8-14)17(21)18(16)11-12-22-15-9-5-2-6-10-15/h1-10H,11-13H2. The van der Waals surface area contributed by atoms with Gasteiger partial charge in [-0.15, -0.1) is 0 Å². The third kappa shape index (κ3) is 2.93. The van der Waals surface area contributed by atoms with Gasteiger partial charge >= 0.3 is 6.03 Å². The molecule has 2 aromatic rings. The van der Waals surface area contributed by atoms with Crippen molar-refractivity contribution in [1.29, 1.82) is 0 Å². The van der Waals surface area contributed by atoms with E-state index in [1.165, 1.54) is 9.80 Å². The van der Waals surface area contributed by atoms with Crippen molar-refractivity contribution in [1.82, 2.24) is 4.90 Å². The molecule has 0 unspecified atom stereocenters. The summed E-state index contributed by atoms with van der Waals surface area (Å²) in [7, 11) is 0. The van der Waals surface area contributed by atoms with Gasteiger partial charge < -0.3 is 4.74 Å². The van der Waals surface area contributed by atoms with Gasteiger partial charge in [0.2, 0.25) is 0 Å². The molecule has 0 spiro atoms. The highest BCUT2D eigenvalue weighted by molar-refractivity contribution is 6.12. The Hall–Kier alpha value is -2.82. The minimum Gasteiger partial charge on any atom is -0.492 e. The zero-order chi connectivity index (χ0) is 15.4. The Morgan fingerprint density at radius 3 is 2.23 bits per heavy atom. The van der Waals surface area contributed by atoms with Gasteiger partial charge in [-0.1, -0.05) is 36.4 Å². The van der Waals surface area contributed by atoms with Gasteiger partial charge in [0.1, 0.15) is 18.9 Å². The first kappa shape index (κ1) is 14.1. The first-order valence-corrected chi connectivity index (χ1v) is 7.10. The van der Waals surface area contributed by atoms with E-state index in [9.17, 15) is 9.59 Å². The summed E-state index contributed by atoms with van der Waals surface area (Å²) < 4.78 is 5.54. The van der Waals surface area contributed by atoms with Crippen molar-refractivity contribution in [2.24, 2.45) is 0 Å². The number of nitrogens with zero attached hydrogens (tertiary/aromatic N) is 2. The van der Waals surface area contributed by atoms with Crippen molar-refractivity contribution in [3.8, 4) is 5.75 Å². The van der Waals surface area contributed by atoms with Gasteiger partial charge in [0, 0.05) is 5.69 Å². The summed E-state index contributed by atoms with van der Waals surface area (Å²) in [6.07, 6.45) is 0. The third-order valence-corrected chi connectivity index (χ3v) is 3.45. The summed E-state index contributed by atoms with van der Waals surface area (Å²) in [5.41, 5.74) is 0.729. The van der Waals surface area contributed by atoms with Crippen LogP contribution in [0.4, 0.5) is 10.5 Å². The Morgan fingerprint density at radius 2 is 1.55 bits per heavy atom. The number of carbonyl (C=O) groups is 2. The number of urea groups is 1. The predicted molar refractivity (Wildman–Crippen MR) is 82.8 cm³/mol. The van der Waals surface area contributed by atoms with Gasteiger partial charge in [-0.25, -0.2) is 4.79 Å². The molecule has 0 aromatic heterocycles. The van der Waals surface area contributed by atoms with Crippen LogP contribution in [0.3, 0.4) is 0 Å². The summed E-state index contributed by atoms with van der Waals surface area (Å²) in [5, 5.41) is 0. The van der Waals surface area contributed by atoms with Crippen LogP contribution in [0.25, 0.3) is 0 Å². The number of amides is 3. The molecule has 2 aromatic carbocycles. The van der Waals surface area contributed by atoms with E-state index in [1.54, 1.807) is 0 Å². The number of hydrogen-bond donors (Lipinski definition) is 0. The van der Waals surface area contributed by atoms with Crippen LogP contribution < -0.4 is 9.64 Å². The Balaban J connectivity index is 1.60. The lowest BCUT2D eigenvalue weighted by atomic mass is 10.3. The molecule has 5 heteroatoms. The number of carbonyl (C=O) groups excluding carboxylic acids is 2. The number of rotatable bonds is 5. The molecule has 0 aliphatic carbocycles. The van der Waals surface area contributed by atoms with Crippen molar-refractivity contribution in [2.75, 3.05) is 24.6 Å². The molecular weight excluding hydrogens is 280 g/mol. The van der Waals surface area contributed by atoms with Crippen LogP contribution >= 0.6 is 0 Å². The van der Waals surface area contributed by atoms with E-state index in [0.717, 1.165) is 11.4 Å². The lowest BCUT2D eigenvalue weighted by molar-refractivity contribution is -0.125. The van der Waals surface area contributed by atoms with Crippen molar-refractivity contribution < 1.29 is 14.3 Å². The highest BCUT2D eigenvalue weighted by Gasteiger charge is 2.36. The number of ether oxygens (including phenoxy) is 1. The number of imide groups is 1. The highest BCUT2D eigenvalue weighted by Crippen LogP contribution is 2.20. The highest BCUT2D eigenvalue weighted by atomic mass is 16.5. The van der Waals surface area contributed by atoms with Crippen LogP contribution in [0.15, 0.2) is 60.7 Å². The van der Waals surface area contributed by atoms with Crippen LogP contribution in [0.2, 0.25) is 0 Å². The van der Waals surface area contributed by atoms with Crippen molar-refractivity contribution in [2.45, 2.75) is 0 Å². The van der Waals surface area contributed by atoms with E-state index in [1.807, 2.05) is 60.7 Å². The lowest BCUT2D eigenvalue weighted by Crippen LogP contribution is -2.36. The van der Waals surface area contributed by atoms with Gasteiger partial charge in [-0.3, -0.25) is 14.6 Å². The first-order chi connectivity index (χ1) is 10.8. The fraction of sp³-hybridized carbons (Fsp3) is 0.176. The monoisotopic (exact) mass is 296 g/mol. The minimum absolute atomic E-state index is 0.0776. The molecule has 0 saturated carbocycles. The van der Waals surface area contributed by atoms with E-state index >= 15 is 0 Å². The number of para-hydroxylation sites is 2. The molecule has 3 rings (SSSR count). The molecular formula is C17H16N2O3. The Kier molecular flexibility index (Phi) is 4.05. The zero-order valence-electron chi connectivity index (χ0n) is 12.0. The van der Waals surface area contributed by atoms with Gasteiger partial charge in [-0.2, -0.15) is 0 Å². The molecule has 1 aliphatic heterocycles. The second-order valence-corrected chi connectivity index (χ2v) is 4.91. The molecule has 1 aliphatic rings. The summed E-state index contributed by atoms with van der Waals surface area (Å²) in [6, 6.07) is 18.2. The Labute approximate surface area is 128 Å². The molecule has 1 fully saturated rings. The first-order valence-electron chi connectivity index (χ1n) is 7.10. The van der Waals surface area contributed by atoms with Crippen LogP contribution in [0, 0.1) is 0 Å². The van der Waals surface area contributed by atoms with Crippen LogP contribution in [-0.4, -0.2) is 36.5 Å². The van der Waals surface area contributed by atoms with Gasteiger partial charge in [0.05, 0.1) is 6.54 Å². The van der Waals surface area contributed by atoms with Gasteiger partial charge in [0.15, 0.2) is 0 Å². The van der Waals surface area contributed by atoms with Gasteiger partial charge in [0.25, 0.3) is 5.91 Å². The third-order valence-electron chi connectivity index (χ3n) is 3.45. The van der Waals surface area contributed by atoms with E-state index in [2.05, 4.69) is 0 Å². The predicted octanol–water partition coefficient (Wildman–Crippen LogP) is 2.53. The molecule has 1 heterocycles. The van der Waals surface area contributed by atoms with Crippen molar-refractivity contribution >= 4 is 17.6 Å². The van der Waals surface area contributed by atoms with E-state index < -0.39 is 0 Å². The van der Waals surface area contributed by atoms with Crippen LogP contribution in [0.1, 0.15) is 0 Å². The largest absolute Gasteiger partial charge is 0.492 e. The van der Waals surface area contributed by atoms with Crippen LogP contribution in [0.5, 0.6) is 5.75 Å². The number of anilines is 1. The average molecular weight is 296 g/mol. The average Bonchev–Trinajstić information content (AvgIpc) is 2.85. The maximum absolute atomic E-state index is 12.3. The number of benzene rings is 2. The molecule has 0 radical (unpaired) electrons. The molecule has 112 valence electrons. The van der Waals surface area contributed by atoms with E-state index in [-0.39, 0.29) is 31.6 Å². The maximum Gasteiger partial charge on any atom is 0.331 e. The minimum atomic E-state index is -0.298. The zero-order valence-corrected chi connectivity index (χ0v) is 12.0. The normalized spacial score (nSPS) is 14.5. The topological polar surface area (TPSA) is 49.9 Å². The molecule has 0 atom stereocenters. The smallest absolute Gasteiger partial charge is 0.331 e. The molecule has 0 N–H and O–H groups in total. The summed E-state index contributed by atoms with van der Waals surface area (Å²) >= 11 is 0. The quantitative estimate of drug-likeness (QED) is 0.797. The number of hydrogen-bond acceptors (Lipinski definition) is 3. The molecule has 5 nitrogen and oxygen atoms in total. The SMILES string of the molecule is O=C1CN(c2ccccc2)C(=O)N1CCOc1ccccc1.